The van der Waals surface area contributed by atoms with Crippen molar-refractivity contribution in [3.8, 4) is 0 Å². The molecule has 3 heteroatoms. The Hall–Kier alpha value is 0.01000. The van der Waals surface area contributed by atoms with Gasteiger partial charge in [0.05, 0.1) is 6.61 Å². The maximum absolute atomic E-state index is 5.12. The summed E-state index contributed by atoms with van der Waals surface area (Å²) >= 11 is 2.12. The minimum atomic E-state index is 0.817. The van der Waals surface area contributed by atoms with Gasteiger partial charge in [0.2, 0.25) is 0 Å². The summed E-state index contributed by atoms with van der Waals surface area (Å²) in [5.74, 6) is 4.39. The summed E-state index contributed by atoms with van der Waals surface area (Å²) in [7, 11) is 1.77. The van der Waals surface area contributed by atoms with Crippen molar-refractivity contribution in [1.82, 2.24) is 5.32 Å². The third-order valence-corrected chi connectivity index (χ3v) is 5.54. The first-order valence-electron chi connectivity index (χ1n) is 7.88. The van der Waals surface area contributed by atoms with Crippen LogP contribution in [-0.2, 0) is 4.74 Å². The fourth-order valence-corrected chi connectivity index (χ4v) is 4.41. The molecule has 1 atom stereocenters. The Morgan fingerprint density at radius 2 is 2.11 bits per heavy atom. The fraction of sp³-hybridized carbons (Fsp3) is 0.875. The van der Waals surface area contributed by atoms with Crippen LogP contribution >= 0.6 is 11.8 Å². The van der Waals surface area contributed by atoms with Crippen LogP contribution in [0.4, 0.5) is 0 Å². The van der Waals surface area contributed by atoms with Crippen molar-refractivity contribution < 1.29 is 4.74 Å². The molecule has 0 aromatic heterocycles. The van der Waals surface area contributed by atoms with Gasteiger partial charge in [-0.15, -0.1) is 0 Å². The molecule has 2 aliphatic rings. The second kappa shape index (κ2) is 9.04. The monoisotopic (exact) mass is 283 g/mol. The van der Waals surface area contributed by atoms with Crippen LogP contribution in [0.25, 0.3) is 0 Å². The van der Waals surface area contributed by atoms with Crippen LogP contribution in [0.3, 0.4) is 0 Å². The number of hydrogen-bond acceptors (Lipinski definition) is 3. The van der Waals surface area contributed by atoms with E-state index in [4.69, 9.17) is 4.74 Å². The van der Waals surface area contributed by atoms with Crippen molar-refractivity contribution in [3.05, 3.63) is 11.6 Å². The standard InChI is InChI=1S/C16H29NOS/c1-18-9-8-17-12-16(11-14-7-10-19-13-14)15-5-3-2-4-6-15/h11,14-15,17H,2-10,12-13H2,1H3. The lowest BCUT2D eigenvalue weighted by Gasteiger charge is -2.26. The highest BCUT2D eigenvalue weighted by Gasteiger charge is 2.20. The van der Waals surface area contributed by atoms with Gasteiger partial charge < -0.3 is 10.1 Å². The number of hydrogen-bond donors (Lipinski definition) is 1. The zero-order valence-corrected chi connectivity index (χ0v) is 13.1. The van der Waals surface area contributed by atoms with Crippen LogP contribution in [0, 0.1) is 11.8 Å². The van der Waals surface area contributed by atoms with Crippen molar-refractivity contribution >= 4 is 11.8 Å². The van der Waals surface area contributed by atoms with Crippen LogP contribution in [0.1, 0.15) is 38.5 Å². The van der Waals surface area contributed by atoms with Crippen molar-refractivity contribution in [2.24, 2.45) is 11.8 Å². The minimum Gasteiger partial charge on any atom is -0.383 e. The first kappa shape index (κ1) is 15.4. The molecule has 2 rings (SSSR count). The summed E-state index contributed by atoms with van der Waals surface area (Å²) in [4.78, 5) is 0. The van der Waals surface area contributed by atoms with Crippen LogP contribution < -0.4 is 5.32 Å². The molecule has 2 fully saturated rings. The zero-order chi connectivity index (χ0) is 13.3. The van der Waals surface area contributed by atoms with Crippen LogP contribution in [0.2, 0.25) is 0 Å². The molecule has 1 saturated heterocycles. The number of thioether (sulfide) groups is 1. The summed E-state index contributed by atoms with van der Waals surface area (Å²) in [6.07, 6.45) is 11.1. The smallest absolute Gasteiger partial charge is 0.0587 e. The number of allylic oxidation sites excluding steroid dienone is 1. The molecule has 1 aliphatic heterocycles. The molecule has 1 unspecified atom stereocenters. The van der Waals surface area contributed by atoms with Gasteiger partial charge in [0, 0.05) is 20.2 Å². The Morgan fingerprint density at radius 3 is 2.79 bits per heavy atom. The molecule has 0 spiro atoms. The van der Waals surface area contributed by atoms with E-state index in [2.05, 4.69) is 23.2 Å². The molecular weight excluding hydrogens is 254 g/mol. The lowest BCUT2D eigenvalue weighted by atomic mass is 9.82. The van der Waals surface area contributed by atoms with E-state index in [0.29, 0.717) is 0 Å². The average Bonchev–Trinajstić information content (AvgIpc) is 2.96. The number of ether oxygens (including phenoxy) is 1. The Morgan fingerprint density at radius 1 is 1.26 bits per heavy atom. The predicted octanol–water partition coefficient (Wildman–Crippen LogP) is 3.48. The largest absolute Gasteiger partial charge is 0.383 e. The second-order valence-electron chi connectivity index (χ2n) is 5.87. The molecule has 1 aliphatic carbocycles. The first-order valence-corrected chi connectivity index (χ1v) is 9.03. The van der Waals surface area contributed by atoms with Crippen LogP contribution in [0.15, 0.2) is 11.6 Å². The molecule has 19 heavy (non-hydrogen) atoms. The van der Waals surface area contributed by atoms with Gasteiger partial charge >= 0.3 is 0 Å². The highest BCUT2D eigenvalue weighted by molar-refractivity contribution is 7.99. The molecule has 1 N–H and O–H groups in total. The number of rotatable bonds is 7. The Bertz CT molecular complexity index is 268. The molecule has 0 aromatic rings. The average molecular weight is 283 g/mol. The maximum atomic E-state index is 5.12. The first-order chi connectivity index (χ1) is 9.40. The highest BCUT2D eigenvalue weighted by atomic mass is 32.2. The summed E-state index contributed by atoms with van der Waals surface area (Å²) in [5.41, 5.74) is 1.70. The van der Waals surface area contributed by atoms with E-state index < -0.39 is 0 Å². The van der Waals surface area contributed by atoms with E-state index >= 15 is 0 Å². The topological polar surface area (TPSA) is 21.3 Å². The van der Waals surface area contributed by atoms with Crippen molar-refractivity contribution in [2.45, 2.75) is 38.5 Å². The normalized spacial score (nSPS) is 25.9. The predicted molar refractivity (Wildman–Crippen MR) is 84.8 cm³/mol. The Balaban J connectivity index is 1.87. The maximum Gasteiger partial charge on any atom is 0.0587 e. The van der Waals surface area contributed by atoms with E-state index in [1.54, 1.807) is 12.7 Å². The van der Waals surface area contributed by atoms with Gasteiger partial charge in [0.15, 0.2) is 0 Å². The SMILES string of the molecule is COCCNCC(=CC1CCSC1)C1CCCCC1. The number of methoxy groups -OCH3 is 1. The van der Waals surface area contributed by atoms with E-state index in [0.717, 1.165) is 31.5 Å². The molecule has 0 radical (unpaired) electrons. The summed E-state index contributed by atoms with van der Waals surface area (Å²) in [6.45, 7) is 2.87. The quantitative estimate of drug-likeness (QED) is 0.571. The third-order valence-electron chi connectivity index (χ3n) is 4.36. The van der Waals surface area contributed by atoms with Gasteiger partial charge in [-0.25, -0.2) is 0 Å². The van der Waals surface area contributed by atoms with Gasteiger partial charge in [-0.2, -0.15) is 11.8 Å². The van der Waals surface area contributed by atoms with Crippen molar-refractivity contribution in [1.29, 1.82) is 0 Å². The van der Waals surface area contributed by atoms with Gasteiger partial charge in [0.1, 0.15) is 0 Å². The van der Waals surface area contributed by atoms with E-state index in [9.17, 15) is 0 Å². The lowest BCUT2D eigenvalue weighted by Crippen LogP contribution is -2.26. The second-order valence-corrected chi connectivity index (χ2v) is 7.02. The fourth-order valence-electron chi connectivity index (χ4n) is 3.21. The van der Waals surface area contributed by atoms with Crippen LogP contribution in [0.5, 0.6) is 0 Å². The van der Waals surface area contributed by atoms with Gasteiger partial charge in [-0.3, -0.25) is 0 Å². The van der Waals surface area contributed by atoms with Crippen molar-refractivity contribution in [2.75, 3.05) is 38.3 Å². The molecular formula is C16H29NOS. The van der Waals surface area contributed by atoms with Gasteiger partial charge in [-0.1, -0.05) is 30.9 Å². The minimum absolute atomic E-state index is 0.817. The van der Waals surface area contributed by atoms with Crippen LogP contribution in [-0.4, -0.2) is 38.3 Å². The Labute approximate surface area is 122 Å². The molecule has 0 bridgehead atoms. The number of nitrogens with one attached hydrogen (secondary N) is 1. The van der Waals surface area contributed by atoms with E-state index in [1.807, 2.05) is 0 Å². The molecule has 0 amide bonds. The molecule has 0 aromatic carbocycles. The molecule has 2 nitrogen and oxygen atoms in total. The van der Waals surface area contributed by atoms with Gasteiger partial charge in [0.25, 0.3) is 0 Å². The molecule has 1 heterocycles. The van der Waals surface area contributed by atoms with Gasteiger partial charge in [-0.05, 0) is 42.6 Å². The lowest BCUT2D eigenvalue weighted by molar-refractivity contribution is 0.200. The van der Waals surface area contributed by atoms with E-state index in [1.165, 1.54) is 50.0 Å². The summed E-state index contributed by atoms with van der Waals surface area (Å²) < 4.78 is 5.12. The van der Waals surface area contributed by atoms with E-state index in [-0.39, 0.29) is 0 Å². The zero-order valence-electron chi connectivity index (χ0n) is 12.3. The Kier molecular flexibility index (Phi) is 7.33. The summed E-state index contributed by atoms with van der Waals surface area (Å²) in [6, 6.07) is 0. The molecule has 110 valence electrons. The third kappa shape index (κ3) is 5.49. The summed E-state index contributed by atoms with van der Waals surface area (Å²) in [5, 5.41) is 3.56. The highest BCUT2D eigenvalue weighted by Crippen LogP contribution is 2.32. The molecule has 1 saturated carbocycles. The van der Waals surface area contributed by atoms with Crippen molar-refractivity contribution in [3.63, 3.8) is 0 Å².